The summed E-state index contributed by atoms with van der Waals surface area (Å²) in [4.78, 5) is 12.9. The largest absolute Gasteiger partial charge is 0.486 e. The molecular formula is C23H23N5O3. The van der Waals surface area contributed by atoms with E-state index in [1.165, 1.54) is 0 Å². The molecule has 3 aromatic heterocycles. The van der Waals surface area contributed by atoms with Gasteiger partial charge in [0.05, 0.1) is 5.56 Å². The molecule has 1 aliphatic heterocycles. The molecule has 0 radical (unpaired) electrons. The number of aryl methyl sites for hydroxylation is 1. The van der Waals surface area contributed by atoms with Crippen molar-refractivity contribution in [3.63, 3.8) is 0 Å². The first-order valence-corrected chi connectivity index (χ1v) is 10.3. The molecule has 0 fully saturated rings. The van der Waals surface area contributed by atoms with E-state index in [4.69, 9.17) is 9.47 Å². The highest BCUT2D eigenvalue weighted by molar-refractivity contribution is 5.95. The van der Waals surface area contributed by atoms with Gasteiger partial charge in [0.2, 0.25) is 0 Å². The van der Waals surface area contributed by atoms with Crippen LogP contribution in [-0.2, 0) is 6.42 Å². The number of amides is 1. The normalized spacial score (nSPS) is 12.8. The lowest BCUT2D eigenvalue weighted by atomic mass is 10.2. The molecule has 1 amide bonds. The van der Waals surface area contributed by atoms with Gasteiger partial charge in [-0.25, -0.2) is 0 Å². The third-order valence-corrected chi connectivity index (χ3v) is 5.48. The monoisotopic (exact) mass is 417 g/mol. The van der Waals surface area contributed by atoms with Crippen LogP contribution in [-0.4, -0.2) is 44.8 Å². The lowest BCUT2D eigenvalue weighted by Crippen LogP contribution is -2.26. The molecular weight excluding hydrogens is 394 g/mol. The number of fused-ring (bicyclic) bond motifs is 2. The summed E-state index contributed by atoms with van der Waals surface area (Å²) in [5.74, 6) is 2.18. The molecule has 1 N–H and O–H groups in total. The molecule has 0 spiro atoms. The van der Waals surface area contributed by atoms with Gasteiger partial charge < -0.3 is 19.4 Å². The topological polar surface area (TPSA) is 82.7 Å². The number of nitrogens with zero attached hydrogens (tertiary/aromatic N) is 4. The maximum absolute atomic E-state index is 12.9. The molecule has 4 aromatic rings. The Kier molecular flexibility index (Phi) is 4.82. The Balaban J connectivity index is 1.32. The predicted molar refractivity (Wildman–Crippen MR) is 115 cm³/mol. The van der Waals surface area contributed by atoms with E-state index < -0.39 is 0 Å². The lowest BCUT2D eigenvalue weighted by molar-refractivity contribution is 0.0953. The number of nitrogens with one attached hydrogen (secondary N) is 1. The zero-order valence-electron chi connectivity index (χ0n) is 17.5. The molecule has 5 rings (SSSR count). The van der Waals surface area contributed by atoms with E-state index in [0.29, 0.717) is 31.7 Å². The van der Waals surface area contributed by atoms with Crippen molar-refractivity contribution in [2.24, 2.45) is 0 Å². The summed E-state index contributed by atoms with van der Waals surface area (Å²) in [5, 5.41) is 11.4. The van der Waals surface area contributed by atoms with Gasteiger partial charge >= 0.3 is 0 Å². The van der Waals surface area contributed by atoms with Crippen molar-refractivity contribution < 1.29 is 14.3 Å². The highest BCUT2D eigenvalue weighted by Gasteiger charge is 2.19. The molecule has 158 valence electrons. The third kappa shape index (κ3) is 3.50. The fraction of sp³-hybridized carbons (Fsp3) is 0.261. The lowest BCUT2D eigenvalue weighted by Gasteiger charge is -2.20. The molecule has 0 bridgehead atoms. The molecule has 0 saturated heterocycles. The average Bonchev–Trinajstić information content (AvgIpc) is 3.33. The molecule has 0 saturated carbocycles. The number of rotatable bonds is 5. The summed E-state index contributed by atoms with van der Waals surface area (Å²) < 4.78 is 15.3. The second-order valence-corrected chi connectivity index (χ2v) is 7.50. The first-order chi connectivity index (χ1) is 15.1. The Morgan fingerprint density at radius 3 is 2.77 bits per heavy atom. The number of hydrogen-bond acceptors (Lipinski definition) is 5. The molecule has 4 heterocycles. The third-order valence-electron chi connectivity index (χ3n) is 5.48. The number of hydrogen-bond donors (Lipinski definition) is 1. The summed E-state index contributed by atoms with van der Waals surface area (Å²) in [5.41, 5.74) is 4.24. The molecule has 1 aliphatic rings. The van der Waals surface area contributed by atoms with E-state index in [0.717, 1.165) is 40.0 Å². The van der Waals surface area contributed by atoms with Crippen LogP contribution in [0.4, 0.5) is 0 Å². The minimum Gasteiger partial charge on any atom is -0.486 e. The van der Waals surface area contributed by atoms with Crippen LogP contribution in [0.15, 0.2) is 48.7 Å². The minimum absolute atomic E-state index is 0.106. The van der Waals surface area contributed by atoms with Gasteiger partial charge in [-0.05, 0) is 44.2 Å². The fourth-order valence-electron chi connectivity index (χ4n) is 4.01. The summed E-state index contributed by atoms with van der Waals surface area (Å²) in [6.07, 6.45) is 2.52. The van der Waals surface area contributed by atoms with Gasteiger partial charge in [0.15, 0.2) is 17.1 Å². The van der Waals surface area contributed by atoms with Crippen molar-refractivity contribution in [2.45, 2.75) is 20.3 Å². The van der Waals surface area contributed by atoms with Crippen molar-refractivity contribution in [1.82, 2.24) is 24.5 Å². The first-order valence-electron chi connectivity index (χ1n) is 10.3. The zero-order chi connectivity index (χ0) is 21.4. The zero-order valence-corrected chi connectivity index (χ0v) is 17.5. The van der Waals surface area contributed by atoms with E-state index >= 15 is 0 Å². The van der Waals surface area contributed by atoms with Gasteiger partial charge in [0.25, 0.3) is 5.91 Å². The quantitative estimate of drug-likeness (QED) is 0.540. The summed E-state index contributed by atoms with van der Waals surface area (Å²) >= 11 is 0. The number of carbonyl (C=O) groups is 1. The van der Waals surface area contributed by atoms with Crippen LogP contribution in [0.25, 0.3) is 11.3 Å². The number of pyridine rings is 1. The Labute approximate surface area is 179 Å². The van der Waals surface area contributed by atoms with Crippen LogP contribution in [0.1, 0.15) is 27.6 Å². The smallest absolute Gasteiger partial charge is 0.253 e. The van der Waals surface area contributed by atoms with Crippen molar-refractivity contribution in [1.29, 1.82) is 0 Å². The number of benzene rings is 1. The standard InChI is InChI=1S/C23H23N5O3/c1-15-13-18(16(2)28(15)17-6-7-19-20(14-17)31-12-11-30-19)23(29)24-9-8-22-26-25-21-5-3-4-10-27(21)22/h3-7,10,13-14H,8-9,11-12H2,1-2H3,(H,24,29). The van der Waals surface area contributed by atoms with Gasteiger partial charge in [0.1, 0.15) is 19.0 Å². The predicted octanol–water partition coefficient (Wildman–Crippen LogP) is 2.88. The second-order valence-electron chi connectivity index (χ2n) is 7.50. The maximum Gasteiger partial charge on any atom is 0.253 e. The Morgan fingerprint density at radius 1 is 1.06 bits per heavy atom. The maximum atomic E-state index is 12.9. The summed E-state index contributed by atoms with van der Waals surface area (Å²) in [7, 11) is 0. The van der Waals surface area contributed by atoms with Crippen LogP contribution in [0, 0.1) is 13.8 Å². The second kappa shape index (κ2) is 7.79. The van der Waals surface area contributed by atoms with Crippen LogP contribution < -0.4 is 14.8 Å². The van der Waals surface area contributed by atoms with Crippen LogP contribution >= 0.6 is 0 Å². The van der Waals surface area contributed by atoms with E-state index in [2.05, 4.69) is 20.1 Å². The molecule has 8 nitrogen and oxygen atoms in total. The number of aromatic nitrogens is 4. The summed E-state index contributed by atoms with van der Waals surface area (Å²) in [6, 6.07) is 13.5. The first kappa shape index (κ1) is 19.2. The van der Waals surface area contributed by atoms with E-state index in [9.17, 15) is 4.79 Å². The highest BCUT2D eigenvalue weighted by Crippen LogP contribution is 2.33. The van der Waals surface area contributed by atoms with E-state index in [1.807, 2.05) is 66.9 Å². The molecule has 8 heteroatoms. The minimum atomic E-state index is -0.106. The Bertz CT molecular complexity index is 1270. The van der Waals surface area contributed by atoms with Crippen molar-refractivity contribution in [3.05, 3.63) is 71.4 Å². The Hall–Kier alpha value is -3.81. The van der Waals surface area contributed by atoms with Gasteiger partial charge in [0, 0.05) is 42.3 Å². The van der Waals surface area contributed by atoms with Crippen molar-refractivity contribution in [2.75, 3.05) is 19.8 Å². The molecule has 0 aliphatic carbocycles. The Morgan fingerprint density at radius 2 is 1.90 bits per heavy atom. The molecule has 0 atom stereocenters. The van der Waals surface area contributed by atoms with E-state index in [-0.39, 0.29) is 5.91 Å². The molecule has 31 heavy (non-hydrogen) atoms. The van der Waals surface area contributed by atoms with Crippen molar-refractivity contribution in [3.8, 4) is 17.2 Å². The van der Waals surface area contributed by atoms with Gasteiger partial charge in [-0.15, -0.1) is 10.2 Å². The molecule has 1 aromatic carbocycles. The molecule has 0 unspecified atom stereocenters. The van der Waals surface area contributed by atoms with Crippen LogP contribution in [0.5, 0.6) is 11.5 Å². The van der Waals surface area contributed by atoms with Gasteiger partial charge in [-0.2, -0.15) is 0 Å². The van der Waals surface area contributed by atoms with Gasteiger partial charge in [-0.3, -0.25) is 9.20 Å². The van der Waals surface area contributed by atoms with Gasteiger partial charge in [-0.1, -0.05) is 6.07 Å². The van der Waals surface area contributed by atoms with E-state index in [1.54, 1.807) is 0 Å². The average molecular weight is 417 g/mol. The van der Waals surface area contributed by atoms with Crippen LogP contribution in [0.3, 0.4) is 0 Å². The van der Waals surface area contributed by atoms with Crippen LogP contribution in [0.2, 0.25) is 0 Å². The number of carbonyl (C=O) groups excluding carboxylic acids is 1. The number of ether oxygens (including phenoxy) is 2. The van der Waals surface area contributed by atoms with Crippen molar-refractivity contribution >= 4 is 11.6 Å². The highest BCUT2D eigenvalue weighted by atomic mass is 16.6. The summed E-state index contributed by atoms with van der Waals surface area (Å²) in [6.45, 7) is 5.51. The fourth-order valence-corrected chi connectivity index (χ4v) is 4.01. The SMILES string of the molecule is Cc1cc(C(=O)NCCc2nnc3ccccn23)c(C)n1-c1ccc2c(c1)OCCO2.